The number of fused-ring (bicyclic) bond motifs is 1. The van der Waals surface area contributed by atoms with Gasteiger partial charge in [-0.2, -0.15) is 0 Å². The Balaban J connectivity index is 1.40. The first-order valence-corrected chi connectivity index (χ1v) is 9.81. The van der Waals surface area contributed by atoms with Crippen molar-refractivity contribution in [2.75, 3.05) is 11.9 Å². The first kappa shape index (κ1) is 16.3. The van der Waals surface area contributed by atoms with Crippen molar-refractivity contribution in [3.63, 3.8) is 0 Å². The summed E-state index contributed by atoms with van der Waals surface area (Å²) < 4.78 is 4.97. The van der Waals surface area contributed by atoms with E-state index >= 15 is 0 Å². The number of hydrogen-bond acceptors (Lipinski definition) is 8. The Bertz CT molecular complexity index is 1060. The highest BCUT2D eigenvalue weighted by Gasteiger charge is 2.21. The van der Waals surface area contributed by atoms with Gasteiger partial charge >= 0.3 is 5.97 Å². The molecule has 0 atom stereocenters. The van der Waals surface area contributed by atoms with E-state index in [9.17, 15) is 4.79 Å². The molecule has 0 spiro atoms. The van der Waals surface area contributed by atoms with E-state index in [2.05, 4.69) is 25.5 Å². The molecule has 8 heteroatoms. The molecule has 4 heterocycles. The molecule has 0 radical (unpaired) electrons. The van der Waals surface area contributed by atoms with Crippen LogP contribution in [-0.2, 0) is 9.53 Å². The molecule has 0 bridgehead atoms. The Morgan fingerprint density at radius 2 is 2.04 bits per heavy atom. The average Bonchev–Trinajstić information content (AvgIpc) is 3.42. The van der Waals surface area contributed by atoms with E-state index in [4.69, 9.17) is 4.74 Å². The summed E-state index contributed by atoms with van der Waals surface area (Å²) in [6.07, 6.45) is 8.21. The topological polar surface area (TPSA) is 89.9 Å². The lowest BCUT2D eigenvalue weighted by molar-refractivity contribution is -0.134. The molecule has 1 saturated carbocycles. The number of aromatic nitrogens is 4. The highest BCUT2D eigenvalue weighted by atomic mass is 32.1. The Hall–Kier alpha value is -2.87. The molecule has 3 aromatic rings. The van der Waals surface area contributed by atoms with Crippen LogP contribution in [0.4, 0.5) is 10.9 Å². The fourth-order valence-electron chi connectivity index (χ4n) is 3.53. The SMILES string of the molecule is O=C1C=C(c2cnc3ccc(Nc4nnc(C5CCCC5)s4)nc3c2)CO1. The minimum atomic E-state index is -0.317. The fraction of sp³-hybridized carbons (Fsp3) is 0.316. The van der Waals surface area contributed by atoms with Crippen LogP contribution in [0.3, 0.4) is 0 Å². The monoisotopic (exact) mass is 379 g/mol. The molecule has 136 valence electrons. The average molecular weight is 379 g/mol. The summed E-state index contributed by atoms with van der Waals surface area (Å²) in [6, 6.07) is 5.72. The van der Waals surface area contributed by atoms with Crippen molar-refractivity contribution in [2.24, 2.45) is 0 Å². The van der Waals surface area contributed by atoms with Crippen LogP contribution >= 0.6 is 11.3 Å². The predicted molar refractivity (Wildman–Crippen MR) is 103 cm³/mol. The number of pyridine rings is 2. The van der Waals surface area contributed by atoms with Crippen LogP contribution in [0.25, 0.3) is 16.6 Å². The summed E-state index contributed by atoms with van der Waals surface area (Å²) in [6.45, 7) is 0.276. The van der Waals surface area contributed by atoms with E-state index in [1.807, 2.05) is 18.2 Å². The van der Waals surface area contributed by atoms with Gasteiger partial charge in [-0.1, -0.05) is 24.2 Å². The van der Waals surface area contributed by atoms with Crippen molar-refractivity contribution in [3.05, 3.63) is 41.0 Å². The van der Waals surface area contributed by atoms with Gasteiger partial charge < -0.3 is 10.1 Å². The Morgan fingerprint density at radius 3 is 2.85 bits per heavy atom. The van der Waals surface area contributed by atoms with E-state index < -0.39 is 0 Å². The predicted octanol–water partition coefficient (Wildman–Crippen LogP) is 3.82. The molecule has 1 aliphatic carbocycles. The van der Waals surface area contributed by atoms with Gasteiger partial charge in [0.2, 0.25) is 5.13 Å². The molecular formula is C19H17N5O2S. The zero-order valence-electron chi connectivity index (χ0n) is 14.5. The van der Waals surface area contributed by atoms with Crippen molar-refractivity contribution in [3.8, 4) is 0 Å². The maximum Gasteiger partial charge on any atom is 0.331 e. The number of hydrogen-bond donors (Lipinski definition) is 1. The number of nitrogens with zero attached hydrogens (tertiary/aromatic N) is 4. The van der Waals surface area contributed by atoms with Gasteiger partial charge in [-0.25, -0.2) is 9.78 Å². The summed E-state index contributed by atoms with van der Waals surface area (Å²) >= 11 is 1.60. The van der Waals surface area contributed by atoms with E-state index in [1.165, 1.54) is 31.8 Å². The lowest BCUT2D eigenvalue weighted by Gasteiger charge is -2.05. The summed E-state index contributed by atoms with van der Waals surface area (Å²) in [5, 5.41) is 13.7. The highest BCUT2D eigenvalue weighted by molar-refractivity contribution is 7.15. The minimum Gasteiger partial charge on any atom is -0.458 e. The smallest absolute Gasteiger partial charge is 0.331 e. The number of nitrogens with one attached hydrogen (secondary N) is 1. The second kappa shape index (κ2) is 6.70. The summed E-state index contributed by atoms with van der Waals surface area (Å²) in [4.78, 5) is 20.4. The normalized spacial score (nSPS) is 17.3. The van der Waals surface area contributed by atoms with Crippen molar-refractivity contribution < 1.29 is 9.53 Å². The number of ether oxygens (including phenoxy) is 1. The second-order valence-electron chi connectivity index (χ2n) is 6.79. The van der Waals surface area contributed by atoms with E-state index in [0.29, 0.717) is 11.7 Å². The number of anilines is 2. The fourth-order valence-corrected chi connectivity index (χ4v) is 4.44. The van der Waals surface area contributed by atoms with Crippen molar-refractivity contribution in [2.45, 2.75) is 31.6 Å². The van der Waals surface area contributed by atoms with Gasteiger partial charge in [-0.3, -0.25) is 4.98 Å². The van der Waals surface area contributed by atoms with Gasteiger partial charge in [0.05, 0.1) is 11.0 Å². The maximum atomic E-state index is 11.3. The molecule has 27 heavy (non-hydrogen) atoms. The first-order chi connectivity index (χ1) is 13.2. The molecule has 0 amide bonds. The van der Waals surface area contributed by atoms with Crippen LogP contribution in [0.1, 0.15) is 42.2 Å². The van der Waals surface area contributed by atoms with Crippen LogP contribution < -0.4 is 5.32 Å². The number of carbonyl (C=O) groups excluding carboxylic acids is 1. The van der Waals surface area contributed by atoms with Crippen molar-refractivity contribution >= 4 is 44.9 Å². The molecule has 0 aromatic carbocycles. The van der Waals surface area contributed by atoms with Crippen LogP contribution in [0.15, 0.2) is 30.5 Å². The molecule has 1 fully saturated rings. The van der Waals surface area contributed by atoms with Crippen LogP contribution in [0.2, 0.25) is 0 Å². The third-order valence-corrected chi connectivity index (χ3v) is 5.95. The number of cyclic esters (lactones) is 1. The van der Waals surface area contributed by atoms with Gasteiger partial charge in [-0.15, -0.1) is 10.2 Å². The molecule has 5 rings (SSSR count). The number of carbonyl (C=O) groups is 1. The summed E-state index contributed by atoms with van der Waals surface area (Å²) in [5.74, 6) is 0.935. The minimum absolute atomic E-state index is 0.276. The number of esters is 1. The van der Waals surface area contributed by atoms with Crippen LogP contribution in [-0.4, -0.2) is 32.7 Å². The zero-order valence-corrected chi connectivity index (χ0v) is 15.3. The van der Waals surface area contributed by atoms with Crippen LogP contribution in [0.5, 0.6) is 0 Å². The van der Waals surface area contributed by atoms with E-state index in [0.717, 1.165) is 32.3 Å². The standard InChI is InChI=1S/C19H17N5O2S/c25-17-8-13(10-26-17)12-7-15-14(20-9-12)5-6-16(21-15)22-19-24-23-18(27-19)11-3-1-2-4-11/h5-9,11H,1-4,10H2,(H,21,22,24). The van der Waals surface area contributed by atoms with Gasteiger partial charge in [0.15, 0.2) is 0 Å². The largest absolute Gasteiger partial charge is 0.458 e. The molecule has 1 aliphatic heterocycles. The first-order valence-electron chi connectivity index (χ1n) is 8.99. The summed E-state index contributed by atoms with van der Waals surface area (Å²) in [7, 11) is 0. The van der Waals surface area contributed by atoms with Crippen molar-refractivity contribution in [1.29, 1.82) is 0 Å². The zero-order chi connectivity index (χ0) is 18.2. The second-order valence-corrected chi connectivity index (χ2v) is 7.80. The summed E-state index contributed by atoms with van der Waals surface area (Å²) in [5.41, 5.74) is 3.20. The third-order valence-electron chi connectivity index (χ3n) is 4.95. The lowest BCUT2D eigenvalue weighted by atomic mass is 10.1. The quantitative estimate of drug-likeness (QED) is 0.689. The molecule has 1 N–H and O–H groups in total. The molecule has 0 saturated heterocycles. The molecule has 7 nitrogen and oxygen atoms in total. The van der Waals surface area contributed by atoms with Gasteiger partial charge in [0.1, 0.15) is 17.4 Å². The molecule has 0 unspecified atom stereocenters. The van der Waals surface area contributed by atoms with Crippen molar-refractivity contribution in [1.82, 2.24) is 20.2 Å². The van der Waals surface area contributed by atoms with E-state index in [1.54, 1.807) is 17.5 Å². The van der Waals surface area contributed by atoms with Gasteiger partial charge in [0, 0.05) is 29.3 Å². The van der Waals surface area contributed by atoms with Gasteiger partial charge in [0.25, 0.3) is 0 Å². The van der Waals surface area contributed by atoms with E-state index in [-0.39, 0.29) is 12.6 Å². The number of rotatable bonds is 4. The Morgan fingerprint density at radius 1 is 1.15 bits per heavy atom. The molecular weight excluding hydrogens is 362 g/mol. The Labute approximate surface area is 159 Å². The Kier molecular flexibility index (Phi) is 4.05. The van der Waals surface area contributed by atoms with Gasteiger partial charge in [-0.05, 0) is 31.0 Å². The van der Waals surface area contributed by atoms with Crippen LogP contribution in [0, 0.1) is 0 Å². The third kappa shape index (κ3) is 3.28. The molecule has 3 aromatic heterocycles. The maximum absolute atomic E-state index is 11.3. The molecule has 2 aliphatic rings. The lowest BCUT2D eigenvalue weighted by Crippen LogP contribution is -1.96. The highest BCUT2D eigenvalue weighted by Crippen LogP contribution is 2.37.